The third kappa shape index (κ3) is 7.02. The van der Waals surface area contributed by atoms with E-state index in [4.69, 9.17) is 9.47 Å². The zero-order valence-electron chi connectivity index (χ0n) is 16.7. The number of rotatable bonds is 7. The fraction of sp³-hybridized carbons (Fsp3) is 0.632. The van der Waals surface area contributed by atoms with Crippen molar-refractivity contribution < 1.29 is 23.0 Å². The van der Waals surface area contributed by atoms with Gasteiger partial charge in [-0.05, 0) is 51.4 Å². The van der Waals surface area contributed by atoms with Crippen molar-refractivity contribution in [1.29, 1.82) is 0 Å². The largest absolute Gasteiger partial charge is 0.454 e. The Morgan fingerprint density at radius 2 is 1.93 bits per heavy atom. The smallest absolute Gasteiger partial charge is 0.387 e. The molecule has 1 aromatic carbocycles. The van der Waals surface area contributed by atoms with Crippen molar-refractivity contribution in [2.24, 2.45) is 10.9 Å². The Morgan fingerprint density at radius 1 is 1.24 bits per heavy atom. The van der Waals surface area contributed by atoms with E-state index in [1.807, 2.05) is 0 Å². The van der Waals surface area contributed by atoms with Crippen LogP contribution in [0.1, 0.15) is 24.8 Å². The summed E-state index contributed by atoms with van der Waals surface area (Å²) in [5.41, 5.74) is 0.544. The van der Waals surface area contributed by atoms with Crippen LogP contribution in [0.5, 0.6) is 17.2 Å². The first-order valence-corrected chi connectivity index (χ1v) is 9.55. The Hall–Kier alpha value is -1.56. The van der Waals surface area contributed by atoms with Crippen LogP contribution in [-0.2, 0) is 6.54 Å². The van der Waals surface area contributed by atoms with Gasteiger partial charge in [0.15, 0.2) is 17.5 Å². The highest BCUT2D eigenvalue weighted by Gasteiger charge is 2.20. The maximum absolute atomic E-state index is 12.7. The Labute approximate surface area is 187 Å². The average molecular weight is 526 g/mol. The maximum atomic E-state index is 12.7. The second kappa shape index (κ2) is 11.6. The normalized spacial score (nSPS) is 17.2. The number of halogens is 3. The molecule has 0 spiro atoms. The molecule has 1 aromatic rings. The first-order chi connectivity index (χ1) is 13.5. The number of guanidine groups is 1. The van der Waals surface area contributed by atoms with E-state index in [0.717, 1.165) is 32.0 Å². The van der Waals surface area contributed by atoms with E-state index < -0.39 is 6.61 Å². The van der Waals surface area contributed by atoms with E-state index in [1.54, 1.807) is 13.1 Å². The Bertz CT molecular complexity index is 686. The Kier molecular flexibility index (Phi) is 9.47. The number of alkyl halides is 2. The summed E-state index contributed by atoms with van der Waals surface area (Å²) in [6.45, 7) is 0.539. The molecule has 1 saturated heterocycles. The standard InChI is InChI=1S/C19H28F2N4O3.HI/c1-22-19(23-6-3-13-4-7-25(2)8-5-13)24-11-14-9-16-17(27-12-26-16)10-15(14)28-18(20)21;/h9-10,13,18H,3-8,11-12H2,1-2H3,(H2,22,23,24);1H. The molecule has 10 heteroatoms. The summed E-state index contributed by atoms with van der Waals surface area (Å²) in [6, 6.07) is 3.08. The summed E-state index contributed by atoms with van der Waals surface area (Å²) in [7, 11) is 3.84. The number of likely N-dealkylation sites (tertiary alicyclic amines) is 1. The van der Waals surface area contributed by atoms with Gasteiger partial charge in [0, 0.05) is 31.8 Å². The number of nitrogens with zero attached hydrogens (tertiary/aromatic N) is 2. The van der Waals surface area contributed by atoms with Crippen LogP contribution in [0.4, 0.5) is 8.78 Å². The number of fused-ring (bicyclic) bond motifs is 1. The number of benzene rings is 1. The molecule has 2 aliphatic heterocycles. The van der Waals surface area contributed by atoms with Gasteiger partial charge in [-0.15, -0.1) is 24.0 Å². The minimum absolute atomic E-state index is 0. The molecule has 29 heavy (non-hydrogen) atoms. The molecule has 0 saturated carbocycles. The van der Waals surface area contributed by atoms with Crippen LogP contribution in [0.15, 0.2) is 17.1 Å². The molecular formula is C19H29F2IN4O3. The predicted molar refractivity (Wildman–Crippen MR) is 118 cm³/mol. The number of hydrogen-bond donors (Lipinski definition) is 2. The van der Waals surface area contributed by atoms with Gasteiger partial charge in [-0.1, -0.05) is 0 Å². The van der Waals surface area contributed by atoms with Gasteiger partial charge in [0.2, 0.25) is 6.79 Å². The first kappa shape index (κ1) is 23.7. The topological polar surface area (TPSA) is 67.4 Å². The lowest BCUT2D eigenvalue weighted by atomic mass is 9.94. The molecule has 0 unspecified atom stereocenters. The van der Waals surface area contributed by atoms with Gasteiger partial charge < -0.3 is 29.7 Å². The lowest BCUT2D eigenvalue weighted by Gasteiger charge is -2.29. The van der Waals surface area contributed by atoms with Crippen molar-refractivity contribution in [2.45, 2.75) is 32.4 Å². The molecular weight excluding hydrogens is 497 g/mol. The van der Waals surface area contributed by atoms with Gasteiger partial charge in [0.05, 0.1) is 0 Å². The monoisotopic (exact) mass is 526 g/mol. The number of nitrogens with one attached hydrogen (secondary N) is 2. The summed E-state index contributed by atoms with van der Waals surface area (Å²) < 4.78 is 40.7. The van der Waals surface area contributed by atoms with Crippen molar-refractivity contribution in [3.63, 3.8) is 0 Å². The number of aliphatic imine (C=N–C) groups is 1. The molecule has 0 atom stereocenters. The van der Waals surface area contributed by atoms with Gasteiger partial charge in [0.25, 0.3) is 0 Å². The number of piperidine rings is 1. The van der Waals surface area contributed by atoms with Crippen LogP contribution in [0, 0.1) is 5.92 Å². The molecule has 0 aliphatic carbocycles. The SMILES string of the molecule is CN=C(NCCC1CCN(C)CC1)NCc1cc2c(cc1OC(F)F)OCO2.I. The summed E-state index contributed by atoms with van der Waals surface area (Å²) in [5.74, 6) is 2.33. The molecule has 1 fully saturated rings. The highest BCUT2D eigenvalue weighted by Crippen LogP contribution is 2.38. The van der Waals surface area contributed by atoms with Gasteiger partial charge in [-0.3, -0.25) is 4.99 Å². The van der Waals surface area contributed by atoms with E-state index in [-0.39, 0.29) is 43.1 Å². The summed E-state index contributed by atoms with van der Waals surface area (Å²) in [5, 5.41) is 6.44. The Morgan fingerprint density at radius 3 is 2.59 bits per heavy atom. The van der Waals surface area contributed by atoms with Crippen LogP contribution >= 0.6 is 24.0 Å². The molecule has 0 bridgehead atoms. The van der Waals surface area contributed by atoms with Crippen molar-refractivity contribution >= 4 is 29.9 Å². The summed E-state index contributed by atoms with van der Waals surface area (Å²) >= 11 is 0. The van der Waals surface area contributed by atoms with Gasteiger partial charge >= 0.3 is 6.61 Å². The van der Waals surface area contributed by atoms with E-state index in [0.29, 0.717) is 23.0 Å². The van der Waals surface area contributed by atoms with E-state index in [1.165, 1.54) is 18.9 Å². The van der Waals surface area contributed by atoms with E-state index in [9.17, 15) is 8.78 Å². The second-order valence-corrected chi connectivity index (χ2v) is 7.08. The quantitative estimate of drug-likeness (QED) is 0.324. The van der Waals surface area contributed by atoms with Crippen molar-refractivity contribution in [3.05, 3.63) is 17.7 Å². The first-order valence-electron chi connectivity index (χ1n) is 9.55. The zero-order chi connectivity index (χ0) is 19.9. The van der Waals surface area contributed by atoms with Crippen molar-refractivity contribution in [3.8, 4) is 17.2 Å². The van der Waals surface area contributed by atoms with Gasteiger partial charge in [0.1, 0.15) is 5.75 Å². The highest BCUT2D eigenvalue weighted by atomic mass is 127. The highest BCUT2D eigenvalue weighted by molar-refractivity contribution is 14.0. The third-order valence-electron chi connectivity index (χ3n) is 5.12. The van der Waals surface area contributed by atoms with Crippen molar-refractivity contribution in [2.75, 3.05) is 40.5 Å². The van der Waals surface area contributed by atoms with Crippen molar-refractivity contribution in [1.82, 2.24) is 15.5 Å². The maximum Gasteiger partial charge on any atom is 0.387 e. The third-order valence-corrected chi connectivity index (χ3v) is 5.12. The summed E-state index contributed by atoms with van der Waals surface area (Å²) in [4.78, 5) is 6.56. The molecule has 164 valence electrons. The van der Waals surface area contributed by atoms with E-state index >= 15 is 0 Å². The van der Waals surface area contributed by atoms with Crippen LogP contribution < -0.4 is 24.8 Å². The number of hydrogen-bond acceptors (Lipinski definition) is 5. The molecule has 3 rings (SSSR count). The van der Waals surface area contributed by atoms with Crippen LogP contribution in [0.2, 0.25) is 0 Å². The molecule has 0 radical (unpaired) electrons. The van der Waals surface area contributed by atoms with Gasteiger partial charge in [-0.25, -0.2) is 0 Å². The van der Waals surface area contributed by atoms with Crippen LogP contribution in [-0.4, -0.2) is 58.0 Å². The number of ether oxygens (including phenoxy) is 3. The van der Waals surface area contributed by atoms with E-state index in [2.05, 4.69) is 32.3 Å². The predicted octanol–water partition coefficient (Wildman–Crippen LogP) is 3.03. The Balaban J connectivity index is 0.00000300. The van der Waals surface area contributed by atoms with Crippen LogP contribution in [0.3, 0.4) is 0 Å². The molecule has 2 N–H and O–H groups in total. The minimum atomic E-state index is -2.91. The molecule has 0 amide bonds. The van der Waals surface area contributed by atoms with Gasteiger partial charge in [-0.2, -0.15) is 8.78 Å². The lowest BCUT2D eigenvalue weighted by Crippen LogP contribution is -2.38. The molecule has 7 nitrogen and oxygen atoms in total. The zero-order valence-corrected chi connectivity index (χ0v) is 19.1. The molecule has 2 aliphatic rings. The summed E-state index contributed by atoms with van der Waals surface area (Å²) in [6.07, 6.45) is 3.52. The average Bonchev–Trinajstić information content (AvgIpc) is 3.12. The molecule has 2 heterocycles. The fourth-order valence-corrected chi connectivity index (χ4v) is 3.45. The van der Waals surface area contributed by atoms with Crippen LogP contribution in [0.25, 0.3) is 0 Å². The lowest BCUT2D eigenvalue weighted by molar-refractivity contribution is -0.0505. The second-order valence-electron chi connectivity index (χ2n) is 7.08. The minimum Gasteiger partial charge on any atom is -0.454 e. The fourth-order valence-electron chi connectivity index (χ4n) is 3.45. The molecule has 0 aromatic heterocycles.